The normalized spacial score (nSPS) is 18.8. The molecule has 0 bridgehead atoms. The van der Waals surface area contributed by atoms with Gasteiger partial charge in [0.2, 0.25) is 0 Å². The second-order valence-electron chi connectivity index (χ2n) is 4.52. The van der Waals surface area contributed by atoms with Crippen LogP contribution in [0.1, 0.15) is 11.5 Å². The molecule has 0 amide bonds. The molecule has 1 aliphatic heterocycles. The Morgan fingerprint density at radius 3 is 2.56 bits per heavy atom. The van der Waals surface area contributed by atoms with Gasteiger partial charge in [0, 0.05) is 32.1 Å². The Bertz CT molecular complexity index is 395. The molecule has 0 aromatic heterocycles. The summed E-state index contributed by atoms with van der Waals surface area (Å²) in [6.45, 7) is 4.33. The summed E-state index contributed by atoms with van der Waals surface area (Å²) in [5.74, 6) is -1.60. The van der Waals surface area contributed by atoms with Crippen molar-refractivity contribution in [3.63, 3.8) is 0 Å². The van der Waals surface area contributed by atoms with Gasteiger partial charge in [-0.05, 0) is 17.7 Å². The minimum Gasteiger partial charge on any atom is -0.379 e. The van der Waals surface area contributed by atoms with Gasteiger partial charge < -0.3 is 10.5 Å². The first-order valence-electron chi connectivity index (χ1n) is 6.16. The Labute approximate surface area is 106 Å². The average molecular weight is 256 g/mol. The molecule has 18 heavy (non-hydrogen) atoms. The minimum absolute atomic E-state index is 0.0261. The molecule has 0 radical (unpaired) electrons. The number of benzene rings is 1. The van der Waals surface area contributed by atoms with E-state index in [1.807, 2.05) is 0 Å². The fourth-order valence-electron chi connectivity index (χ4n) is 2.18. The van der Waals surface area contributed by atoms with Crippen LogP contribution in [-0.4, -0.2) is 44.3 Å². The number of nitrogens with zero attached hydrogens (tertiary/aromatic N) is 1. The highest BCUT2D eigenvalue weighted by molar-refractivity contribution is 5.22. The predicted octanol–water partition coefficient (Wildman–Crippen LogP) is 1.34. The van der Waals surface area contributed by atoms with Crippen LogP contribution in [0.5, 0.6) is 0 Å². The van der Waals surface area contributed by atoms with E-state index >= 15 is 0 Å². The first-order valence-corrected chi connectivity index (χ1v) is 6.16. The van der Waals surface area contributed by atoms with E-state index in [-0.39, 0.29) is 5.92 Å². The van der Waals surface area contributed by atoms with Crippen molar-refractivity contribution in [1.29, 1.82) is 0 Å². The molecule has 3 nitrogen and oxygen atoms in total. The quantitative estimate of drug-likeness (QED) is 0.883. The molecule has 0 saturated carbocycles. The Kier molecular flexibility index (Phi) is 4.63. The summed E-state index contributed by atoms with van der Waals surface area (Å²) >= 11 is 0. The average Bonchev–Trinajstić information content (AvgIpc) is 2.40. The van der Waals surface area contributed by atoms with Gasteiger partial charge in [0.05, 0.1) is 13.2 Å². The largest absolute Gasteiger partial charge is 0.379 e. The third kappa shape index (κ3) is 3.25. The van der Waals surface area contributed by atoms with Crippen LogP contribution in [0.4, 0.5) is 8.78 Å². The lowest BCUT2D eigenvalue weighted by Gasteiger charge is -2.30. The molecule has 1 aromatic rings. The monoisotopic (exact) mass is 256 g/mol. The molecule has 1 atom stereocenters. The van der Waals surface area contributed by atoms with E-state index in [0.29, 0.717) is 6.54 Å². The molecule has 1 saturated heterocycles. The van der Waals surface area contributed by atoms with E-state index in [4.69, 9.17) is 10.5 Å². The summed E-state index contributed by atoms with van der Waals surface area (Å²) in [5, 5.41) is 0. The first-order chi connectivity index (χ1) is 8.70. The SMILES string of the molecule is NCC(CN1CCOCC1)c1ccc(F)c(F)c1. The molecule has 2 rings (SSSR count). The number of morpholine rings is 1. The molecule has 1 aliphatic rings. The third-order valence-electron chi connectivity index (χ3n) is 3.28. The Hall–Kier alpha value is -1.04. The third-order valence-corrected chi connectivity index (χ3v) is 3.28. The second-order valence-corrected chi connectivity index (χ2v) is 4.52. The van der Waals surface area contributed by atoms with Crippen LogP contribution in [0.2, 0.25) is 0 Å². The van der Waals surface area contributed by atoms with E-state index < -0.39 is 11.6 Å². The van der Waals surface area contributed by atoms with Crippen molar-refractivity contribution in [2.45, 2.75) is 5.92 Å². The van der Waals surface area contributed by atoms with E-state index in [2.05, 4.69) is 4.90 Å². The van der Waals surface area contributed by atoms with E-state index in [0.717, 1.165) is 44.5 Å². The van der Waals surface area contributed by atoms with Gasteiger partial charge in [-0.2, -0.15) is 0 Å². The number of ether oxygens (including phenoxy) is 1. The van der Waals surface area contributed by atoms with Crippen molar-refractivity contribution in [3.8, 4) is 0 Å². The van der Waals surface area contributed by atoms with Crippen molar-refractivity contribution in [2.75, 3.05) is 39.4 Å². The summed E-state index contributed by atoms with van der Waals surface area (Å²) in [4.78, 5) is 2.24. The number of rotatable bonds is 4. The zero-order chi connectivity index (χ0) is 13.0. The predicted molar refractivity (Wildman–Crippen MR) is 65.4 cm³/mol. The molecule has 2 N–H and O–H groups in total. The van der Waals surface area contributed by atoms with Gasteiger partial charge in [-0.1, -0.05) is 6.07 Å². The fourth-order valence-corrected chi connectivity index (χ4v) is 2.18. The fraction of sp³-hybridized carbons (Fsp3) is 0.538. The maximum absolute atomic E-state index is 13.2. The molecule has 1 unspecified atom stereocenters. The molecule has 5 heteroatoms. The molecular weight excluding hydrogens is 238 g/mol. The highest BCUT2D eigenvalue weighted by Crippen LogP contribution is 2.19. The van der Waals surface area contributed by atoms with Gasteiger partial charge in [0.25, 0.3) is 0 Å². The van der Waals surface area contributed by atoms with Crippen molar-refractivity contribution < 1.29 is 13.5 Å². The van der Waals surface area contributed by atoms with Gasteiger partial charge >= 0.3 is 0 Å². The Morgan fingerprint density at radius 1 is 1.22 bits per heavy atom. The maximum atomic E-state index is 13.2. The van der Waals surface area contributed by atoms with Gasteiger partial charge in [-0.25, -0.2) is 8.78 Å². The highest BCUT2D eigenvalue weighted by Gasteiger charge is 2.18. The van der Waals surface area contributed by atoms with Crippen LogP contribution in [-0.2, 0) is 4.74 Å². The van der Waals surface area contributed by atoms with E-state index in [9.17, 15) is 8.78 Å². The second kappa shape index (κ2) is 6.22. The van der Waals surface area contributed by atoms with Crippen LogP contribution in [0.25, 0.3) is 0 Å². The lowest BCUT2D eigenvalue weighted by Crippen LogP contribution is -2.40. The van der Waals surface area contributed by atoms with Gasteiger partial charge in [0.15, 0.2) is 11.6 Å². The molecular formula is C13H18F2N2O. The van der Waals surface area contributed by atoms with Gasteiger partial charge in [-0.15, -0.1) is 0 Å². The smallest absolute Gasteiger partial charge is 0.159 e. The van der Waals surface area contributed by atoms with Crippen LogP contribution < -0.4 is 5.73 Å². The zero-order valence-corrected chi connectivity index (χ0v) is 10.2. The summed E-state index contributed by atoms with van der Waals surface area (Å²) in [5.41, 5.74) is 6.49. The number of hydrogen-bond acceptors (Lipinski definition) is 3. The topological polar surface area (TPSA) is 38.5 Å². The lowest BCUT2D eigenvalue weighted by molar-refractivity contribution is 0.0353. The number of hydrogen-bond donors (Lipinski definition) is 1. The van der Waals surface area contributed by atoms with E-state index in [1.165, 1.54) is 6.07 Å². The summed E-state index contributed by atoms with van der Waals surface area (Å²) < 4.78 is 31.4. The Balaban J connectivity index is 2.04. The molecule has 1 aromatic carbocycles. The van der Waals surface area contributed by atoms with Crippen molar-refractivity contribution in [3.05, 3.63) is 35.4 Å². The first kappa shape index (κ1) is 13.4. The molecule has 1 fully saturated rings. The number of halogens is 2. The molecule has 0 aliphatic carbocycles. The van der Waals surface area contributed by atoms with Crippen LogP contribution in [0, 0.1) is 11.6 Å². The molecule has 0 spiro atoms. The summed E-state index contributed by atoms with van der Waals surface area (Å²) in [6, 6.07) is 4.01. The van der Waals surface area contributed by atoms with Crippen molar-refractivity contribution in [1.82, 2.24) is 4.90 Å². The minimum atomic E-state index is -0.819. The van der Waals surface area contributed by atoms with Crippen molar-refractivity contribution in [2.24, 2.45) is 5.73 Å². The molecule has 1 heterocycles. The zero-order valence-electron chi connectivity index (χ0n) is 10.2. The maximum Gasteiger partial charge on any atom is 0.159 e. The summed E-state index contributed by atoms with van der Waals surface area (Å²) in [7, 11) is 0. The highest BCUT2D eigenvalue weighted by atomic mass is 19.2. The Morgan fingerprint density at radius 2 is 1.94 bits per heavy atom. The van der Waals surface area contributed by atoms with E-state index in [1.54, 1.807) is 6.07 Å². The standard InChI is InChI=1S/C13H18F2N2O/c14-12-2-1-10(7-13(12)15)11(8-16)9-17-3-5-18-6-4-17/h1-2,7,11H,3-6,8-9,16H2. The van der Waals surface area contributed by atoms with Gasteiger partial charge in [-0.3, -0.25) is 4.90 Å². The number of nitrogens with two attached hydrogens (primary N) is 1. The van der Waals surface area contributed by atoms with Gasteiger partial charge in [0.1, 0.15) is 0 Å². The lowest BCUT2D eigenvalue weighted by atomic mass is 9.98. The van der Waals surface area contributed by atoms with Crippen molar-refractivity contribution >= 4 is 0 Å². The molecule has 100 valence electrons. The van der Waals surface area contributed by atoms with Crippen LogP contribution in [0.15, 0.2) is 18.2 Å². The summed E-state index contributed by atoms with van der Waals surface area (Å²) in [6.07, 6.45) is 0. The van der Waals surface area contributed by atoms with Crippen LogP contribution >= 0.6 is 0 Å². The van der Waals surface area contributed by atoms with Crippen LogP contribution in [0.3, 0.4) is 0 Å².